The number of hydrogen-bond acceptors (Lipinski definition) is 2. The molecule has 74 valence electrons. The molecule has 0 aliphatic carbocycles. The summed E-state index contributed by atoms with van der Waals surface area (Å²) in [4.78, 5) is 0.714. The van der Waals surface area contributed by atoms with Crippen molar-refractivity contribution in [1.82, 2.24) is 0 Å². The van der Waals surface area contributed by atoms with E-state index < -0.39 is 11.1 Å². The van der Waals surface area contributed by atoms with Crippen LogP contribution in [0.2, 0.25) is 0 Å². The molecule has 0 aromatic heterocycles. The molecule has 0 bridgehead atoms. The summed E-state index contributed by atoms with van der Waals surface area (Å²) in [5.74, 6) is 0. The summed E-state index contributed by atoms with van der Waals surface area (Å²) in [5.41, 5.74) is 1.12. The van der Waals surface area contributed by atoms with Crippen LogP contribution in [-0.2, 0) is 15.3 Å². The Hall–Kier alpha value is -0.670. The molecule has 0 aromatic rings. The molecule has 0 aromatic carbocycles. The second kappa shape index (κ2) is 6.80. The van der Waals surface area contributed by atoms with Gasteiger partial charge in [-0.05, 0) is 26.8 Å². The normalized spacial score (nSPS) is 16.6. The van der Waals surface area contributed by atoms with Gasteiger partial charge < -0.3 is 0 Å². The van der Waals surface area contributed by atoms with Crippen LogP contribution in [0.5, 0.6) is 0 Å². The van der Waals surface area contributed by atoms with Gasteiger partial charge in [0.15, 0.2) is 11.1 Å². The zero-order valence-electron chi connectivity index (χ0n) is 8.53. The second-order valence-corrected chi connectivity index (χ2v) is 4.04. The van der Waals surface area contributed by atoms with E-state index in [0.717, 1.165) is 5.57 Å². The van der Waals surface area contributed by atoms with Gasteiger partial charge in [0.05, 0.1) is 7.11 Å². The Kier molecular flexibility index (Phi) is 6.45. The maximum Gasteiger partial charge on any atom is 0.184 e. The molecular formula is C10H16O2S. The molecule has 0 rings (SSSR count). The molecule has 0 radical (unpaired) electrons. The molecule has 0 saturated heterocycles. The molecule has 13 heavy (non-hydrogen) atoms. The van der Waals surface area contributed by atoms with Gasteiger partial charge in [-0.3, -0.25) is 4.18 Å². The fourth-order valence-electron chi connectivity index (χ4n) is 0.754. The zero-order valence-corrected chi connectivity index (χ0v) is 9.35. The Morgan fingerprint density at radius 3 is 2.38 bits per heavy atom. The second-order valence-electron chi connectivity index (χ2n) is 2.59. The molecular weight excluding hydrogens is 184 g/mol. The van der Waals surface area contributed by atoms with Crippen LogP contribution < -0.4 is 0 Å². The van der Waals surface area contributed by atoms with E-state index in [1.807, 2.05) is 32.1 Å². The molecule has 0 N–H and O–H groups in total. The van der Waals surface area contributed by atoms with Crippen LogP contribution in [0.15, 0.2) is 34.8 Å². The van der Waals surface area contributed by atoms with Gasteiger partial charge in [0, 0.05) is 4.91 Å². The predicted octanol–water partition coefficient (Wildman–Crippen LogP) is 2.72. The van der Waals surface area contributed by atoms with Crippen LogP contribution in [0, 0.1) is 0 Å². The molecule has 2 nitrogen and oxygen atoms in total. The van der Waals surface area contributed by atoms with Gasteiger partial charge in [0.1, 0.15) is 0 Å². The molecule has 0 amide bonds. The van der Waals surface area contributed by atoms with E-state index in [1.165, 1.54) is 7.11 Å². The molecule has 0 aliphatic heterocycles. The SMILES string of the molecule is C\C=C/C(C)=C\C=C(/C)S(=O)OC. The highest BCUT2D eigenvalue weighted by Gasteiger charge is 1.96. The molecule has 1 atom stereocenters. The highest BCUT2D eigenvalue weighted by Crippen LogP contribution is 2.03. The largest absolute Gasteiger partial charge is 0.290 e. The van der Waals surface area contributed by atoms with Crippen molar-refractivity contribution in [2.75, 3.05) is 7.11 Å². The Morgan fingerprint density at radius 1 is 1.31 bits per heavy atom. The van der Waals surface area contributed by atoms with Crippen molar-refractivity contribution in [1.29, 1.82) is 0 Å². The molecule has 0 spiro atoms. The van der Waals surface area contributed by atoms with E-state index in [9.17, 15) is 4.21 Å². The van der Waals surface area contributed by atoms with Crippen molar-refractivity contribution >= 4 is 11.1 Å². The van der Waals surface area contributed by atoms with Crippen LogP contribution in [-0.4, -0.2) is 11.3 Å². The van der Waals surface area contributed by atoms with Crippen molar-refractivity contribution in [2.24, 2.45) is 0 Å². The number of hydrogen-bond donors (Lipinski definition) is 0. The van der Waals surface area contributed by atoms with Crippen LogP contribution in [0.1, 0.15) is 20.8 Å². The minimum absolute atomic E-state index is 0.714. The third-order valence-electron chi connectivity index (χ3n) is 1.42. The summed E-state index contributed by atoms with van der Waals surface area (Å²) in [6.07, 6.45) is 7.66. The molecule has 0 fully saturated rings. The van der Waals surface area contributed by atoms with E-state index in [0.29, 0.717) is 4.91 Å². The van der Waals surface area contributed by atoms with Gasteiger partial charge in [-0.25, -0.2) is 4.21 Å². The Balaban J connectivity index is 4.41. The van der Waals surface area contributed by atoms with Gasteiger partial charge in [0.25, 0.3) is 0 Å². The van der Waals surface area contributed by atoms with Gasteiger partial charge in [-0.2, -0.15) is 0 Å². The maximum absolute atomic E-state index is 11.1. The monoisotopic (exact) mass is 200 g/mol. The van der Waals surface area contributed by atoms with E-state index in [2.05, 4.69) is 4.18 Å². The maximum atomic E-state index is 11.1. The van der Waals surface area contributed by atoms with E-state index in [-0.39, 0.29) is 0 Å². The minimum Gasteiger partial charge on any atom is -0.290 e. The molecule has 1 unspecified atom stereocenters. The number of rotatable bonds is 4. The summed E-state index contributed by atoms with van der Waals surface area (Å²) >= 11 is -1.30. The average molecular weight is 200 g/mol. The Labute approximate surface area is 82.7 Å². The number of allylic oxidation sites excluding steroid dienone is 6. The first-order chi connectivity index (χ1) is 6.11. The smallest absolute Gasteiger partial charge is 0.184 e. The molecule has 3 heteroatoms. The van der Waals surface area contributed by atoms with E-state index >= 15 is 0 Å². The Bertz CT molecular complexity index is 262. The third kappa shape index (κ3) is 5.55. The van der Waals surface area contributed by atoms with Crippen LogP contribution >= 0.6 is 0 Å². The first-order valence-electron chi connectivity index (χ1n) is 4.06. The summed E-state index contributed by atoms with van der Waals surface area (Å²) in [6.45, 7) is 5.72. The Morgan fingerprint density at radius 2 is 1.92 bits per heavy atom. The molecule has 0 saturated carbocycles. The van der Waals surface area contributed by atoms with Gasteiger partial charge >= 0.3 is 0 Å². The lowest BCUT2D eigenvalue weighted by molar-refractivity contribution is 0.450. The topological polar surface area (TPSA) is 26.3 Å². The molecule has 0 aliphatic rings. The first-order valence-corrected chi connectivity index (χ1v) is 5.13. The fraction of sp³-hybridized carbons (Fsp3) is 0.400. The standard InChI is InChI=1S/C10H16O2S/c1-5-6-9(2)7-8-10(3)13(11)12-4/h5-8H,1-4H3/b6-5-,9-7-,10-8+. The highest BCUT2D eigenvalue weighted by atomic mass is 32.2. The van der Waals surface area contributed by atoms with Crippen molar-refractivity contribution in [3.63, 3.8) is 0 Å². The quantitative estimate of drug-likeness (QED) is 0.652. The summed E-state index contributed by atoms with van der Waals surface area (Å²) in [6, 6.07) is 0. The summed E-state index contributed by atoms with van der Waals surface area (Å²) in [5, 5.41) is 0. The summed E-state index contributed by atoms with van der Waals surface area (Å²) in [7, 11) is 1.43. The van der Waals surface area contributed by atoms with Crippen LogP contribution in [0.4, 0.5) is 0 Å². The fourth-order valence-corrected chi connectivity index (χ4v) is 1.20. The van der Waals surface area contributed by atoms with Gasteiger partial charge in [-0.15, -0.1) is 0 Å². The molecule has 0 heterocycles. The lowest BCUT2D eigenvalue weighted by Gasteiger charge is -1.95. The first kappa shape index (κ1) is 12.3. The minimum atomic E-state index is -1.30. The van der Waals surface area contributed by atoms with Crippen molar-refractivity contribution in [2.45, 2.75) is 20.8 Å². The van der Waals surface area contributed by atoms with Crippen molar-refractivity contribution in [3.05, 3.63) is 34.8 Å². The van der Waals surface area contributed by atoms with E-state index in [1.54, 1.807) is 13.0 Å². The third-order valence-corrected chi connectivity index (χ3v) is 2.39. The van der Waals surface area contributed by atoms with Crippen LogP contribution in [0.25, 0.3) is 0 Å². The highest BCUT2D eigenvalue weighted by molar-refractivity contribution is 7.84. The van der Waals surface area contributed by atoms with Crippen molar-refractivity contribution < 1.29 is 8.39 Å². The van der Waals surface area contributed by atoms with E-state index in [4.69, 9.17) is 0 Å². The lowest BCUT2D eigenvalue weighted by Crippen LogP contribution is -1.92. The average Bonchev–Trinajstić information content (AvgIpc) is 2.13. The van der Waals surface area contributed by atoms with Gasteiger partial charge in [-0.1, -0.05) is 23.8 Å². The summed E-state index contributed by atoms with van der Waals surface area (Å²) < 4.78 is 15.7. The van der Waals surface area contributed by atoms with Crippen LogP contribution in [0.3, 0.4) is 0 Å². The lowest BCUT2D eigenvalue weighted by atomic mass is 10.2. The predicted molar refractivity (Wildman–Crippen MR) is 57.5 cm³/mol. The van der Waals surface area contributed by atoms with Gasteiger partial charge in [0.2, 0.25) is 0 Å². The zero-order chi connectivity index (χ0) is 10.3. The van der Waals surface area contributed by atoms with Crippen molar-refractivity contribution in [3.8, 4) is 0 Å².